The molecule has 2 fully saturated rings. The third-order valence-corrected chi connectivity index (χ3v) is 5.86. The van der Waals surface area contributed by atoms with E-state index >= 15 is 0 Å². The zero-order chi connectivity index (χ0) is 15.9. The number of hydrogen-bond acceptors (Lipinski definition) is 4. The van der Waals surface area contributed by atoms with Crippen LogP contribution in [0.3, 0.4) is 0 Å². The zero-order valence-electron chi connectivity index (χ0n) is 14.1. The lowest BCUT2D eigenvalue weighted by Gasteiger charge is -2.28. The van der Waals surface area contributed by atoms with Crippen LogP contribution in [-0.4, -0.2) is 73.0 Å². The molecule has 0 spiro atoms. The normalized spacial score (nSPS) is 21.3. The number of amides is 1. The first-order valence-corrected chi connectivity index (χ1v) is 9.98. The molecule has 2 saturated heterocycles. The fraction of sp³-hybridized carbons (Fsp3) is 0.722. The molecule has 0 atom stereocenters. The Kier molecular flexibility index (Phi) is 6.48. The minimum Gasteiger partial charge on any atom is -0.337 e. The summed E-state index contributed by atoms with van der Waals surface area (Å²) >= 11 is 1.55. The molecule has 23 heavy (non-hydrogen) atoms. The van der Waals surface area contributed by atoms with E-state index in [1.165, 1.54) is 51.9 Å². The van der Waals surface area contributed by atoms with E-state index in [-0.39, 0.29) is 5.91 Å². The van der Waals surface area contributed by atoms with Crippen LogP contribution in [0.1, 0.15) is 41.8 Å². The highest BCUT2D eigenvalue weighted by molar-refractivity contribution is 7.12. The molecule has 128 valence electrons. The van der Waals surface area contributed by atoms with E-state index in [0.717, 1.165) is 37.5 Å². The van der Waals surface area contributed by atoms with Crippen molar-refractivity contribution in [2.24, 2.45) is 0 Å². The molecule has 1 amide bonds. The van der Waals surface area contributed by atoms with Crippen LogP contribution in [0.5, 0.6) is 0 Å². The molecule has 0 bridgehead atoms. The van der Waals surface area contributed by atoms with E-state index in [9.17, 15) is 4.79 Å². The highest BCUT2D eigenvalue weighted by atomic mass is 32.1. The van der Waals surface area contributed by atoms with E-state index in [0.29, 0.717) is 0 Å². The lowest BCUT2D eigenvalue weighted by molar-refractivity contribution is 0.0766. The van der Waals surface area contributed by atoms with Crippen LogP contribution < -0.4 is 0 Å². The van der Waals surface area contributed by atoms with Gasteiger partial charge in [0, 0.05) is 19.6 Å². The minimum atomic E-state index is 0.218. The summed E-state index contributed by atoms with van der Waals surface area (Å²) in [5.41, 5.74) is 0. The quantitative estimate of drug-likeness (QED) is 0.828. The maximum Gasteiger partial charge on any atom is 0.263 e. The number of carbonyl (C=O) groups excluding carboxylic acids is 1. The summed E-state index contributed by atoms with van der Waals surface area (Å²) in [6.07, 6.45) is 6.53. The topological polar surface area (TPSA) is 26.8 Å². The summed E-state index contributed by atoms with van der Waals surface area (Å²) in [6.45, 7) is 8.95. The minimum absolute atomic E-state index is 0.218. The molecule has 2 aliphatic rings. The van der Waals surface area contributed by atoms with Crippen LogP contribution in [0.2, 0.25) is 0 Å². The van der Waals surface area contributed by atoms with Gasteiger partial charge in [-0.3, -0.25) is 4.79 Å². The van der Waals surface area contributed by atoms with Crippen LogP contribution in [0.25, 0.3) is 0 Å². The first-order chi connectivity index (χ1) is 11.3. The molecule has 4 nitrogen and oxygen atoms in total. The van der Waals surface area contributed by atoms with E-state index in [1.807, 2.05) is 22.4 Å². The number of nitrogens with zero attached hydrogens (tertiary/aromatic N) is 3. The molecule has 1 aromatic heterocycles. The molecular weight excluding hydrogens is 306 g/mol. The Bertz CT molecular complexity index is 471. The van der Waals surface area contributed by atoms with Crippen molar-refractivity contribution in [2.45, 2.75) is 32.1 Å². The van der Waals surface area contributed by atoms with Crippen LogP contribution >= 0.6 is 11.3 Å². The molecule has 0 radical (unpaired) electrons. The van der Waals surface area contributed by atoms with Crippen molar-refractivity contribution in [2.75, 3.05) is 52.4 Å². The lowest BCUT2D eigenvalue weighted by atomic mass is 10.1. The first kappa shape index (κ1) is 16.9. The number of piperidine rings is 1. The van der Waals surface area contributed by atoms with Gasteiger partial charge in [0.25, 0.3) is 5.91 Å². The van der Waals surface area contributed by atoms with Gasteiger partial charge in [-0.15, -0.1) is 11.3 Å². The second kappa shape index (κ2) is 8.81. The van der Waals surface area contributed by atoms with Gasteiger partial charge in [0.1, 0.15) is 0 Å². The lowest BCUT2D eigenvalue weighted by Crippen LogP contribution is -2.36. The van der Waals surface area contributed by atoms with E-state index < -0.39 is 0 Å². The van der Waals surface area contributed by atoms with Crippen molar-refractivity contribution in [3.05, 3.63) is 22.4 Å². The standard InChI is InChI=1S/C18H29N3OS/c22-18(17-7-4-16-23-17)21-13-6-12-20(14-15-21)11-5-10-19-8-2-1-3-9-19/h4,7,16H,1-3,5-6,8-15H2. The van der Waals surface area contributed by atoms with E-state index in [2.05, 4.69) is 9.80 Å². The fourth-order valence-corrected chi connectivity index (χ4v) is 4.35. The molecule has 0 unspecified atom stereocenters. The molecule has 3 rings (SSSR count). The maximum atomic E-state index is 12.5. The monoisotopic (exact) mass is 335 g/mol. The van der Waals surface area contributed by atoms with Crippen molar-refractivity contribution >= 4 is 17.2 Å². The summed E-state index contributed by atoms with van der Waals surface area (Å²) in [6, 6.07) is 3.90. The Balaban J connectivity index is 1.39. The third kappa shape index (κ3) is 5.03. The molecule has 0 N–H and O–H groups in total. The van der Waals surface area contributed by atoms with Crippen LogP contribution in [0.15, 0.2) is 17.5 Å². The highest BCUT2D eigenvalue weighted by Gasteiger charge is 2.20. The van der Waals surface area contributed by atoms with Gasteiger partial charge < -0.3 is 14.7 Å². The van der Waals surface area contributed by atoms with Gasteiger partial charge in [-0.2, -0.15) is 0 Å². The van der Waals surface area contributed by atoms with Crippen LogP contribution in [-0.2, 0) is 0 Å². The van der Waals surface area contributed by atoms with Crippen molar-refractivity contribution in [1.82, 2.24) is 14.7 Å². The van der Waals surface area contributed by atoms with Gasteiger partial charge in [-0.1, -0.05) is 12.5 Å². The first-order valence-electron chi connectivity index (χ1n) is 9.10. The number of thiophene rings is 1. The van der Waals surface area contributed by atoms with Gasteiger partial charge in [-0.25, -0.2) is 0 Å². The van der Waals surface area contributed by atoms with Crippen LogP contribution in [0.4, 0.5) is 0 Å². The Morgan fingerprint density at radius 3 is 2.39 bits per heavy atom. The zero-order valence-corrected chi connectivity index (χ0v) is 14.9. The number of hydrogen-bond donors (Lipinski definition) is 0. The molecule has 5 heteroatoms. The summed E-state index contributed by atoms with van der Waals surface area (Å²) < 4.78 is 0. The average Bonchev–Trinajstić information content (AvgIpc) is 3.02. The second-order valence-corrected chi connectivity index (χ2v) is 7.67. The Morgan fingerprint density at radius 2 is 1.65 bits per heavy atom. The van der Waals surface area contributed by atoms with E-state index in [1.54, 1.807) is 11.3 Å². The SMILES string of the molecule is O=C(c1cccs1)N1CCCN(CCCN2CCCCC2)CC1. The summed E-state index contributed by atoms with van der Waals surface area (Å²) in [4.78, 5) is 20.5. The smallest absolute Gasteiger partial charge is 0.263 e. The van der Waals surface area contributed by atoms with Crippen molar-refractivity contribution in [1.29, 1.82) is 0 Å². The van der Waals surface area contributed by atoms with Gasteiger partial charge >= 0.3 is 0 Å². The van der Waals surface area contributed by atoms with E-state index in [4.69, 9.17) is 0 Å². The number of carbonyl (C=O) groups is 1. The van der Waals surface area contributed by atoms with Gasteiger partial charge in [-0.05, 0) is 69.9 Å². The largest absolute Gasteiger partial charge is 0.337 e. The predicted octanol–water partition coefficient (Wildman–Crippen LogP) is 2.77. The van der Waals surface area contributed by atoms with Gasteiger partial charge in [0.2, 0.25) is 0 Å². The molecule has 0 saturated carbocycles. The highest BCUT2D eigenvalue weighted by Crippen LogP contribution is 2.14. The Hall–Kier alpha value is -0.910. The number of rotatable bonds is 5. The summed E-state index contributed by atoms with van der Waals surface area (Å²) in [5.74, 6) is 0.218. The fourth-order valence-electron chi connectivity index (χ4n) is 3.65. The van der Waals surface area contributed by atoms with Crippen LogP contribution in [0, 0.1) is 0 Å². The summed E-state index contributed by atoms with van der Waals surface area (Å²) in [7, 11) is 0. The molecule has 1 aromatic rings. The third-order valence-electron chi connectivity index (χ3n) is 5.01. The van der Waals surface area contributed by atoms with Gasteiger partial charge in [0.05, 0.1) is 4.88 Å². The Morgan fingerprint density at radius 1 is 0.913 bits per heavy atom. The van der Waals surface area contributed by atoms with Gasteiger partial charge in [0.15, 0.2) is 0 Å². The molecule has 0 aromatic carbocycles. The van der Waals surface area contributed by atoms with Crippen molar-refractivity contribution < 1.29 is 4.79 Å². The second-order valence-electron chi connectivity index (χ2n) is 6.72. The van der Waals surface area contributed by atoms with Crippen molar-refractivity contribution in [3.8, 4) is 0 Å². The Labute approximate surface area is 144 Å². The predicted molar refractivity (Wildman–Crippen MR) is 96.2 cm³/mol. The molecular formula is C18H29N3OS. The molecule has 2 aliphatic heterocycles. The number of likely N-dealkylation sites (tertiary alicyclic amines) is 1. The maximum absolute atomic E-state index is 12.5. The molecule has 3 heterocycles. The molecule has 0 aliphatic carbocycles. The summed E-state index contributed by atoms with van der Waals surface area (Å²) in [5, 5.41) is 1.98. The van der Waals surface area contributed by atoms with Crippen molar-refractivity contribution in [3.63, 3.8) is 0 Å². The average molecular weight is 336 g/mol.